The number of hydrogen-bond acceptors (Lipinski definition) is 3. The Morgan fingerprint density at radius 1 is 1.24 bits per heavy atom. The minimum absolute atomic E-state index is 0.0300. The summed E-state index contributed by atoms with van der Waals surface area (Å²) in [5.74, 6) is -0.0300. The molecule has 1 heterocycles. The first kappa shape index (κ1) is 13.9. The Bertz CT molecular complexity index is 564. The van der Waals surface area contributed by atoms with E-state index in [1.165, 1.54) is 4.90 Å². The Hall–Kier alpha value is -2.04. The van der Waals surface area contributed by atoms with Crippen LogP contribution in [0.3, 0.4) is 0 Å². The SMILES string of the molecule is Nc1cccc(CCCN2C(=O)NC3(CCCC3)C2=O)c1. The summed E-state index contributed by atoms with van der Waals surface area (Å²) in [7, 11) is 0. The average molecular weight is 287 g/mol. The molecule has 1 saturated carbocycles. The second-order valence-corrected chi connectivity index (χ2v) is 6.02. The predicted molar refractivity (Wildman–Crippen MR) is 80.6 cm³/mol. The predicted octanol–water partition coefficient (Wildman–Crippen LogP) is 2.07. The van der Waals surface area contributed by atoms with Gasteiger partial charge in [-0.25, -0.2) is 4.79 Å². The Balaban J connectivity index is 1.58. The van der Waals surface area contributed by atoms with E-state index in [-0.39, 0.29) is 11.9 Å². The number of nitrogens with zero attached hydrogens (tertiary/aromatic N) is 1. The Morgan fingerprint density at radius 3 is 2.71 bits per heavy atom. The molecule has 0 unspecified atom stereocenters. The maximum Gasteiger partial charge on any atom is 0.325 e. The molecule has 2 fully saturated rings. The Morgan fingerprint density at radius 2 is 2.00 bits per heavy atom. The number of carbonyl (C=O) groups is 2. The highest BCUT2D eigenvalue weighted by Gasteiger charge is 2.51. The van der Waals surface area contributed by atoms with Crippen molar-refractivity contribution in [2.45, 2.75) is 44.1 Å². The fourth-order valence-corrected chi connectivity index (χ4v) is 3.39. The lowest BCUT2D eigenvalue weighted by molar-refractivity contribution is -0.131. The van der Waals surface area contributed by atoms with Crippen LogP contribution in [0.4, 0.5) is 10.5 Å². The van der Waals surface area contributed by atoms with E-state index in [1.807, 2.05) is 24.3 Å². The van der Waals surface area contributed by atoms with Gasteiger partial charge in [-0.2, -0.15) is 0 Å². The summed E-state index contributed by atoms with van der Waals surface area (Å²) in [5.41, 5.74) is 7.04. The Labute approximate surface area is 124 Å². The van der Waals surface area contributed by atoms with Gasteiger partial charge in [-0.3, -0.25) is 9.69 Å². The van der Waals surface area contributed by atoms with E-state index in [0.717, 1.165) is 49.8 Å². The zero-order valence-electron chi connectivity index (χ0n) is 12.1. The van der Waals surface area contributed by atoms with Crippen LogP contribution in [-0.2, 0) is 11.2 Å². The molecular formula is C16H21N3O2. The minimum atomic E-state index is -0.589. The number of anilines is 1. The summed E-state index contributed by atoms with van der Waals surface area (Å²) in [5, 5.41) is 2.90. The molecule has 1 aliphatic heterocycles. The average Bonchev–Trinajstić information content (AvgIpc) is 3.00. The van der Waals surface area contributed by atoms with Crippen molar-refractivity contribution in [3.63, 3.8) is 0 Å². The van der Waals surface area contributed by atoms with Crippen molar-refractivity contribution in [3.05, 3.63) is 29.8 Å². The van der Waals surface area contributed by atoms with Crippen LogP contribution in [0.2, 0.25) is 0 Å². The van der Waals surface area contributed by atoms with Gasteiger partial charge in [0.1, 0.15) is 5.54 Å². The smallest absolute Gasteiger partial charge is 0.325 e. The third kappa shape index (κ3) is 2.60. The van der Waals surface area contributed by atoms with Gasteiger partial charge in [-0.15, -0.1) is 0 Å². The maximum absolute atomic E-state index is 12.5. The zero-order chi connectivity index (χ0) is 14.9. The van der Waals surface area contributed by atoms with Crippen LogP contribution in [-0.4, -0.2) is 28.9 Å². The van der Waals surface area contributed by atoms with Crippen molar-refractivity contribution in [1.29, 1.82) is 0 Å². The van der Waals surface area contributed by atoms with Crippen LogP contribution in [0, 0.1) is 0 Å². The zero-order valence-corrected chi connectivity index (χ0v) is 12.1. The van der Waals surface area contributed by atoms with Crippen molar-refractivity contribution in [2.24, 2.45) is 0 Å². The van der Waals surface area contributed by atoms with Crippen molar-refractivity contribution >= 4 is 17.6 Å². The standard InChI is InChI=1S/C16H21N3O2/c17-13-7-3-5-12(11-13)6-4-10-19-14(20)16(18-15(19)21)8-1-2-9-16/h3,5,7,11H,1-2,4,6,8-10,17H2,(H,18,21). The normalized spacial score (nSPS) is 20.3. The van der Waals surface area contributed by atoms with Crippen LogP contribution in [0.15, 0.2) is 24.3 Å². The number of nitrogens with one attached hydrogen (secondary N) is 1. The van der Waals surface area contributed by atoms with E-state index in [0.29, 0.717) is 6.54 Å². The third-order valence-corrected chi connectivity index (χ3v) is 4.50. The molecular weight excluding hydrogens is 266 g/mol. The number of carbonyl (C=O) groups excluding carboxylic acids is 2. The lowest BCUT2D eigenvalue weighted by Crippen LogP contribution is -2.44. The van der Waals surface area contributed by atoms with Crippen molar-refractivity contribution in [3.8, 4) is 0 Å². The number of hydrogen-bond donors (Lipinski definition) is 2. The highest BCUT2D eigenvalue weighted by Crippen LogP contribution is 2.35. The first-order valence-electron chi connectivity index (χ1n) is 7.59. The number of nitrogen functional groups attached to an aromatic ring is 1. The summed E-state index contributed by atoms with van der Waals surface area (Å²) in [4.78, 5) is 25.9. The second kappa shape index (κ2) is 5.39. The van der Waals surface area contributed by atoms with Crippen LogP contribution >= 0.6 is 0 Å². The quantitative estimate of drug-likeness (QED) is 0.657. The summed E-state index contributed by atoms with van der Waals surface area (Å²) in [6.07, 6.45) is 5.17. The van der Waals surface area contributed by atoms with Crippen LogP contribution in [0.1, 0.15) is 37.7 Å². The summed E-state index contributed by atoms with van der Waals surface area (Å²) in [6, 6.07) is 7.50. The molecule has 1 aromatic rings. The van der Waals surface area contributed by atoms with Crippen LogP contribution < -0.4 is 11.1 Å². The number of nitrogens with two attached hydrogens (primary N) is 1. The topological polar surface area (TPSA) is 75.4 Å². The molecule has 2 aliphatic rings. The number of benzene rings is 1. The molecule has 0 aromatic heterocycles. The molecule has 0 bridgehead atoms. The highest BCUT2D eigenvalue weighted by molar-refractivity contribution is 6.07. The van der Waals surface area contributed by atoms with E-state index in [9.17, 15) is 9.59 Å². The monoisotopic (exact) mass is 287 g/mol. The van der Waals surface area contributed by atoms with Crippen molar-refractivity contribution in [1.82, 2.24) is 10.2 Å². The van der Waals surface area contributed by atoms with E-state index in [2.05, 4.69) is 5.32 Å². The molecule has 3 rings (SSSR count). The van der Waals surface area contributed by atoms with Crippen molar-refractivity contribution in [2.75, 3.05) is 12.3 Å². The molecule has 3 N–H and O–H groups in total. The number of urea groups is 1. The fraction of sp³-hybridized carbons (Fsp3) is 0.500. The number of aryl methyl sites for hydroxylation is 1. The van der Waals surface area contributed by atoms with Gasteiger partial charge in [-0.1, -0.05) is 25.0 Å². The van der Waals surface area contributed by atoms with E-state index < -0.39 is 5.54 Å². The van der Waals surface area contributed by atoms with E-state index in [1.54, 1.807) is 0 Å². The first-order chi connectivity index (χ1) is 10.1. The fourth-order valence-electron chi connectivity index (χ4n) is 3.39. The van der Waals surface area contributed by atoms with Gasteiger partial charge in [0.2, 0.25) is 0 Å². The van der Waals surface area contributed by atoms with Gasteiger partial charge >= 0.3 is 6.03 Å². The highest BCUT2D eigenvalue weighted by atomic mass is 16.2. The van der Waals surface area contributed by atoms with Gasteiger partial charge in [-0.05, 0) is 43.4 Å². The van der Waals surface area contributed by atoms with Gasteiger partial charge < -0.3 is 11.1 Å². The molecule has 1 spiro atoms. The summed E-state index contributed by atoms with van der Waals surface area (Å²) in [6.45, 7) is 0.473. The molecule has 0 radical (unpaired) electrons. The molecule has 21 heavy (non-hydrogen) atoms. The number of rotatable bonds is 4. The minimum Gasteiger partial charge on any atom is -0.399 e. The van der Waals surface area contributed by atoms with Gasteiger partial charge in [0, 0.05) is 12.2 Å². The summed E-state index contributed by atoms with van der Waals surface area (Å²) < 4.78 is 0. The van der Waals surface area contributed by atoms with Gasteiger partial charge in [0.25, 0.3) is 5.91 Å². The van der Waals surface area contributed by atoms with Crippen molar-refractivity contribution < 1.29 is 9.59 Å². The molecule has 1 aromatic carbocycles. The molecule has 1 saturated heterocycles. The number of imide groups is 1. The molecule has 112 valence electrons. The largest absolute Gasteiger partial charge is 0.399 e. The van der Waals surface area contributed by atoms with Crippen LogP contribution in [0.5, 0.6) is 0 Å². The molecule has 5 heteroatoms. The maximum atomic E-state index is 12.5. The second-order valence-electron chi connectivity index (χ2n) is 6.02. The third-order valence-electron chi connectivity index (χ3n) is 4.50. The van der Waals surface area contributed by atoms with E-state index in [4.69, 9.17) is 5.73 Å². The lowest BCUT2D eigenvalue weighted by Gasteiger charge is -2.20. The Kier molecular flexibility index (Phi) is 3.57. The first-order valence-corrected chi connectivity index (χ1v) is 7.59. The number of amides is 3. The molecule has 0 atom stereocenters. The molecule has 3 amide bonds. The molecule has 5 nitrogen and oxygen atoms in total. The van der Waals surface area contributed by atoms with E-state index >= 15 is 0 Å². The lowest BCUT2D eigenvalue weighted by atomic mass is 9.98. The summed E-state index contributed by atoms with van der Waals surface area (Å²) >= 11 is 0. The van der Waals surface area contributed by atoms with Gasteiger partial charge in [0.15, 0.2) is 0 Å². The van der Waals surface area contributed by atoms with Crippen LogP contribution in [0.25, 0.3) is 0 Å². The molecule has 1 aliphatic carbocycles. The van der Waals surface area contributed by atoms with Gasteiger partial charge in [0.05, 0.1) is 0 Å².